The van der Waals surface area contributed by atoms with Crippen LogP contribution in [0, 0.1) is 11.3 Å². The Morgan fingerprint density at radius 1 is 1.57 bits per heavy atom. The fraction of sp³-hybridized carbons (Fsp3) is 0.273. The molecular weight excluding hydrogens is 178 g/mol. The first-order valence-electron chi connectivity index (χ1n) is 4.37. The molecule has 0 aromatic heterocycles. The van der Waals surface area contributed by atoms with Gasteiger partial charge in [-0.25, -0.2) is 0 Å². The van der Waals surface area contributed by atoms with E-state index in [2.05, 4.69) is 0 Å². The van der Waals surface area contributed by atoms with Crippen molar-refractivity contribution in [1.82, 2.24) is 0 Å². The van der Waals surface area contributed by atoms with Crippen LogP contribution in [0.5, 0.6) is 5.75 Å². The monoisotopic (exact) mass is 189 g/mol. The van der Waals surface area contributed by atoms with Crippen LogP contribution in [0.4, 0.5) is 0 Å². The van der Waals surface area contributed by atoms with Gasteiger partial charge in [0.1, 0.15) is 5.75 Å². The first-order chi connectivity index (χ1) is 6.60. The van der Waals surface area contributed by atoms with Crippen molar-refractivity contribution in [1.29, 1.82) is 5.26 Å². The molecule has 0 aliphatic carbocycles. The Morgan fingerprint density at radius 3 is 2.64 bits per heavy atom. The van der Waals surface area contributed by atoms with E-state index >= 15 is 0 Å². The van der Waals surface area contributed by atoms with Gasteiger partial charge in [-0.1, -0.05) is 6.92 Å². The Kier molecular flexibility index (Phi) is 2.88. The minimum atomic E-state index is -0.130. The lowest BCUT2D eigenvalue weighted by Gasteiger charge is -2.07. The molecule has 0 aliphatic heterocycles. The minimum absolute atomic E-state index is 0.0380. The zero-order valence-corrected chi connectivity index (χ0v) is 8.16. The van der Waals surface area contributed by atoms with Crippen molar-refractivity contribution in [2.45, 2.75) is 20.3 Å². The van der Waals surface area contributed by atoms with Gasteiger partial charge >= 0.3 is 0 Å². The zero-order valence-electron chi connectivity index (χ0n) is 8.16. The number of Topliss-reactive ketones (excluding diaryl/α,β-unsaturated/α-hetero) is 1. The van der Waals surface area contributed by atoms with Gasteiger partial charge in [0.05, 0.1) is 11.6 Å². The first-order valence-corrected chi connectivity index (χ1v) is 4.37. The molecule has 0 bridgehead atoms. The molecule has 3 nitrogen and oxygen atoms in total. The van der Waals surface area contributed by atoms with E-state index in [0.717, 1.165) is 0 Å². The molecule has 0 fully saturated rings. The standard InChI is InChI=1S/C11H11NO2/c1-3-10-8(6-12)4-9(14)5-11(10)7(2)13/h4-5,14H,3H2,1-2H3. The molecule has 0 saturated heterocycles. The number of nitriles is 1. The molecule has 3 heteroatoms. The summed E-state index contributed by atoms with van der Waals surface area (Å²) in [4.78, 5) is 11.2. The van der Waals surface area contributed by atoms with E-state index in [1.807, 2.05) is 13.0 Å². The Hall–Kier alpha value is -1.82. The third kappa shape index (κ3) is 1.74. The van der Waals surface area contributed by atoms with Gasteiger partial charge in [-0.05, 0) is 31.0 Å². The molecule has 1 aromatic carbocycles. The summed E-state index contributed by atoms with van der Waals surface area (Å²) in [6.07, 6.45) is 0.609. The maximum atomic E-state index is 11.2. The Morgan fingerprint density at radius 2 is 2.21 bits per heavy atom. The molecule has 1 aromatic rings. The van der Waals surface area contributed by atoms with Gasteiger partial charge in [-0.15, -0.1) is 0 Å². The van der Waals surface area contributed by atoms with Crippen LogP contribution in [0.3, 0.4) is 0 Å². The fourth-order valence-corrected chi connectivity index (χ4v) is 1.45. The number of carbonyl (C=O) groups excluding carboxylic acids is 1. The summed E-state index contributed by atoms with van der Waals surface area (Å²) in [5.41, 5.74) is 1.51. The van der Waals surface area contributed by atoms with Crippen LogP contribution in [0.15, 0.2) is 12.1 Å². The van der Waals surface area contributed by atoms with Gasteiger partial charge in [0.15, 0.2) is 5.78 Å². The van der Waals surface area contributed by atoms with E-state index in [0.29, 0.717) is 23.1 Å². The highest BCUT2D eigenvalue weighted by atomic mass is 16.3. The highest BCUT2D eigenvalue weighted by molar-refractivity contribution is 5.96. The number of phenols is 1. The summed E-state index contributed by atoms with van der Waals surface area (Å²) >= 11 is 0. The van der Waals surface area contributed by atoms with Crippen molar-refractivity contribution in [3.8, 4) is 11.8 Å². The number of hydrogen-bond donors (Lipinski definition) is 1. The summed E-state index contributed by atoms with van der Waals surface area (Å²) in [5, 5.41) is 18.1. The maximum Gasteiger partial charge on any atom is 0.160 e. The first kappa shape index (κ1) is 10.3. The number of rotatable bonds is 2. The molecule has 0 aliphatic rings. The van der Waals surface area contributed by atoms with E-state index in [1.54, 1.807) is 0 Å². The number of aromatic hydroxyl groups is 1. The van der Waals surface area contributed by atoms with Gasteiger partial charge in [0.25, 0.3) is 0 Å². The van der Waals surface area contributed by atoms with Crippen molar-refractivity contribution in [2.24, 2.45) is 0 Å². The fourth-order valence-electron chi connectivity index (χ4n) is 1.45. The third-order valence-corrected chi connectivity index (χ3v) is 2.09. The topological polar surface area (TPSA) is 61.1 Å². The zero-order chi connectivity index (χ0) is 10.7. The molecule has 14 heavy (non-hydrogen) atoms. The second-order valence-corrected chi connectivity index (χ2v) is 3.04. The maximum absolute atomic E-state index is 11.2. The number of carbonyl (C=O) groups is 1. The largest absolute Gasteiger partial charge is 0.508 e. The van der Waals surface area contributed by atoms with Crippen LogP contribution < -0.4 is 0 Å². The molecule has 0 saturated carbocycles. The normalized spacial score (nSPS) is 9.50. The second-order valence-electron chi connectivity index (χ2n) is 3.04. The Balaban J connectivity index is 3.49. The minimum Gasteiger partial charge on any atom is -0.508 e. The smallest absolute Gasteiger partial charge is 0.160 e. The van der Waals surface area contributed by atoms with Gasteiger partial charge in [0, 0.05) is 5.56 Å². The number of ketones is 1. The molecule has 0 amide bonds. The molecule has 0 atom stereocenters. The highest BCUT2D eigenvalue weighted by Crippen LogP contribution is 2.22. The highest BCUT2D eigenvalue weighted by Gasteiger charge is 2.12. The molecule has 1 N–H and O–H groups in total. The van der Waals surface area contributed by atoms with Crippen molar-refractivity contribution in [3.63, 3.8) is 0 Å². The summed E-state index contributed by atoms with van der Waals surface area (Å²) < 4.78 is 0. The average Bonchev–Trinajstić information content (AvgIpc) is 2.16. The number of hydrogen-bond acceptors (Lipinski definition) is 3. The Labute approximate surface area is 82.6 Å². The van der Waals surface area contributed by atoms with Gasteiger partial charge in [0.2, 0.25) is 0 Å². The second kappa shape index (κ2) is 3.93. The lowest BCUT2D eigenvalue weighted by Crippen LogP contribution is -2.01. The molecule has 1 rings (SSSR count). The van der Waals surface area contributed by atoms with Gasteiger partial charge in [-0.3, -0.25) is 4.79 Å². The lowest BCUT2D eigenvalue weighted by molar-refractivity contribution is 0.101. The van der Waals surface area contributed by atoms with Crippen molar-refractivity contribution in [2.75, 3.05) is 0 Å². The third-order valence-electron chi connectivity index (χ3n) is 2.09. The summed E-state index contributed by atoms with van der Waals surface area (Å²) in [5.74, 6) is -0.168. The predicted octanol–water partition coefficient (Wildman–Crippen LogP) is 2.03. The van der Waals surface area contributed by atoms with Crippen molar-refractivity contribution < 1.29 is 9.90 Å². The molecule has 0 spiro atoms. The van der Waals surface area contributed by atoms with Crippen LogP contribution in [0.2, 0.25) is 0 Å². The number of nitrogens with zero attached hydrogens (tertiary/aromatic N) is 1. The van der Waals surface area contributed by atoms with E-state index in [-0.39, 0.29) is 11.5 Å². The van der Waals surface area contributed by atoms with Crippen LogP contribution in [-0.4, -0.2) is 10.9 Å². The van der Waals surface area contributed by atoms with Gasteiger partial charge in [-0.2, -0.15) is 5.26 Å². The van der Waals surface area contributed by atoms with E-state index < -0.39 is 0 Å². The van der Waals surface area contributed by atoms with E-state index in [4.69, 9.17) is 5.26 Å². The summed E-state index contributed by atoms with van der Waals surface area (Å²) in [7, 11) is 0. The van der Waals surface area contributed by atoms with Gasteiger partial charge < -0.3 is 5.11 Å². The molecule has 0 radical (unpaired) electrons. The number of benzene rings is 1. The SMILES string of the molecule is CCc1c(C#N)cc(O)cc1C(C)=O. The average molecular weight is 189 g/mol. The molecular formula is C11H11NO2. The van der Waals surface area contributed by atoms with Crippen LogP contribution in [0.1, 0.15) is 35.3 Å². The van der Waals surface area contributed by atoms with E-state index in [9.17, 15) is 9.90 Å². The molecule has 72 valence electrons. The lowest BCUT2D eigenvalue weighted by atomic mass is 9.97. The van der Waals surface area contributed by atoms with Crippen LogP contribution >= 0.6 is 0 Å². The van der Waals surface area contributed by atoms with Crippen LogP contribution in [0.25, 0.3) is 0 Å². The number of phenolic OH excluding ortho intramolecular Hbond substituents is 1. The summed E-state index contributed by atoms with van der Waals surface area (Å²) in [6, 6.07) is 4.76. The summed E-state index contributed by atoms with van der Waals surface area (Å²) in [6.45, 7) is 3.30. The molecule has 0 unspecified atom stereocenters. The predicted molar refractivity (Wildman–Crippen MR) is 52.2 cm³/mol. The van der Waals surface area contributed by atoms with Crippen molar-refractivity contribution in [3.05, 3.63) is 28.8 Å². The van der Waals surface area contributed by atoms with E-state index in [1.165, 1.54) is 19.1 Å². The quantitative estimate of drug-likeness (QED) is 0.724. The van der Waals surface area contributed by atoms with Crippen molar-refractivity contribution >= 4 is 5.78 Å². The van der Waals surface area contributed by atoms with Crippen LogP contribution in [-0.2, 0) is 6.42 Å². The Bertz CT molecular complexity index is 416. The molecule has 0 heterocycles.